The molecule has 5 heteroatoms. The van der Waals surface area contributed by atoms with E-state index < -0.39 is 18.0 Å². The van der Waals surface area contributed by atoms with Gasteiger partial charge in [-0.3, -0.25) is 0 Å². The summed E-state index contributed by atoms with van der Waals surface area (Å²) in [6, 6.07) is 0. The van der Waals surface area contributed by atoms with Crippen LogP contribution in [-0.2, 0) is 19.4 Å². The first kappa shape index (κ1) is 14.4. The highest BCUT2D eigenvalue weighted by molar-refractivity contribution is 5.91. The molecule has 0 saturated heterocycles. The highest BCUT2D eigenvalue weighted by atomic mass is 17.2. The second kappa shape index (κ2) is 6.35. The second-order valence-electron chi connectivity index (χ2n) is 4.43. The van der Waals surface area contributed by atoms with Crippen molar-refractivity contribution in [3.05, 3.63) is 23.3 Å². The molecule has 1 unspecified atom stereocenters. The number of carbonyl (C=O) groups excluding carboxylic acids is 2. The van der Waals surface area contributed by atoms with E-state index in [2.05, 4.69) is 16.4 Å². The van der Waals surface area contributed by atoms with Crippen molar-refractivity contribution < 1.29 is 24.5 Å². The molecule has 0 amide bonds. The van der Waals surface area contributed by atoms with Crippen LogP contribution in [0.4, 0.5) is 0 Å². The quantitative estimate of drug-likeness (QED) is 0.462. The van der Waals surface area contributed by atoms with E-state index in [1.807, 2.05) is 0 Å². The van der Waals surface area contributed by atoms with E-state index in [1.54, 1.807) is 6.92 Å². The standard InChI is InChI=1S/C13H18O5/c1-8(2)12(15)17-18-13(16)9(3)10-6-4-5-7-11(10)14/h11,14H,1,4-7H2,2-3H3/b10-9-. The Morgan fingerprint density at radius 3 is 2.39 bits per heavy atom. The van der Waals surface area contributed by atoms with Gasteiger partial charge >= 0.3 is 11.9 Å². The molecule has 0 aliphatic heterocycles. The summed E-state index contributed by atoms with van der Waals surface area (Å²) >= 11 is 0. The van der Waals surface area contributed by atoms with Gasteiger partial charge in [0.25, 0.3) is 0 Å². The number of hydrogen-bond donors (Lipinski definition) is 1. The Kier molecular flexibility index (Phi) is 5.09. The molecule has 1 rings (SSSR count). The normalized spacial score (nSPS) is 22.1. The van der Waals surface area contributed by atoms with Crippen molar-refractivity contribution in [1.29, 1.82) is 0 Å². The number of rotatable bonds is 2. The molecule has 1 N–H and O–H groups in total. The van der Waals surface area contributed by atoms with Crippen molar-refractivity contribution in [2.45, 2.75) is 45.6 Å². The van der Waals surface area contributed by atoms with Gasteiger partial charge in [-0.15, -0.1) is 0 Å². The topological polar surface area (TPSA) is 72.8 Å². The van der Waals surface area contributed by atoms with Gasteiger partial charge in [0, 0.05) is 11.1 Å². The number of aliphatic hydroxyl groups excluding tert-OH is 1. The minimum absolute atomic E-state index is 0.144. The Bertz CT molecular complexity index is 394. The van der Waals surface area contributed by atoms with E-state index in [1.165, 1.54) is 6.92 Å². The molecule has 1 aliphatic carbocycles. The Balaban J connectivity index is 2.62. The first-order valence-corrected chi connectivity index (χ1v) is 5.90. The third-order valence-corrected chi connectivity index (χ3v) is 2.91. The monoisotopic (exact) mass is 254 g/mol. The van der Waals surface area contributed by atoms with Gasteiger partial charge in [-0.1, -0.05) is 13.0 Å². The predicted molar refractivity (Wildman–Crippen MR) is 64.2 cm³/mol. The van der Waals surface area contributed by atoms with Crippen LogP contribution in [0.15, 0.2) is 23.3 Å². The molecule has 1 aliphatic rings. The van der Waals surface area contributed by atoms with Crippen molar-refractivity contribution >= 4 is 11.9 Å². The number of aliphatic hydroxyl groups is 1. The van der Waals surface area contributed by atoms with Crippen LogP contribution in [0.5, 0.6) is 0 Å². The fourth-order valence-electron chi connectivity index (χ4n) is 1.77. The first-order chi connectivity index (χ1) is 8.43. The van der Waals surface area contributed by atoms with E-state index in [-0.39, 0.29) is 5.57 Å². The molecule has 0 heterocycles. The molecule has 0 aromatic heterocycles. The highest BCUT2D eigenvalue weighted by Gasteiger charge is 2.23. The molecule has 1 fully saturated rings. The van der Waals surface area contributed by atoms with Crippen LogP contribution in [0, 0.1) is 0 Å². The van der Waals surface area contributed by atoms with E-state index >= 15 is 0 Å². The summed E-state index contributed by atoms with van der Waals surface area (Å²) in [7, 11) is 0. The van der Waals surface area contributed by atoms with Gasteiger partial charge in [-0.2, -0.15) is 0 Å². The molecule has 0 aromatic carbocycles. The van der Waals surface area contributed by atoms with Crippen LogP contribution in [0.25, 0.3) is 0 Å². The Labute approximate surface area is 106 Å². The van der Waals surface area contributed by atoms with Gasteiger partial charge in [-0.25, -0.2) is 19.4 Å². The molecule has 1 atom stereocenters. The lowest BCUT2D eigenvalue weighted by Gasteiger charge is -2.22. The van der Waals surface area contributed by atoms with Crippen LogP contribution >= 0.6 is 0 Å². The van der Waals surface area contributed by atoms with Gasteiger partial charge in [0.1, 0.15) is 0 Å². The van der Waals surface area contributed by atoms with Crippen LogP contribution in [0.2, 0.25) is 0 Å². The van der Waals surface area contributed by atoms with Crippen LogP contribution in [-0.4, -0.2) is 23.1 Å². The molecular formula is C13H18O5. The molecule has 1 saturated carbocycles. The molecule has 18 heavy (non-hydrogen) atoms. The van der Waals surface area contributed by atoms with Gasteiger partial charge < -0.3 is 5.11 Å². The van der Waals surface area contributed by atoms with E-state index in [4.69, 9.17) is 0 Å². The fourth-order valence-corrected chi connectivity index (χ4v) is 1.77. The third kappa shape index (κ3) is 3.70. The van der Waals surface area contributed by atoms with Gasteiger partial charge in [-0.05, 0) is 38.7 Å². The van der Waals surface area contributed by atoms with Crippen molar-refractivity contribution in [2.24, 2.45) is 0 Å². The lowest BCUT2D eigenvalue weighted by molar-refractivity contribution is -0.252. The van der Waals surface area contributed by atoms with Crippen LogP contribution < -0.4 is 0 Å². The molecule has 0 bridgehead atoms. The minimum Gasteiger partial charge on any atom is -0.389 e. The van der Waals surface area contributed by atoms with Crippen molar-refractivity contribution in [3.8, 4) is 0 Å². The van der Waals surface area contributed by atoms with Crippen molar-refractivity contribution in [1.82, 2.24) is 0 Å². The molecule has 0 aromatic rings. The average Bonchev–Trinajstić information content (AvgIpc) is 2.35. The van der Waals surface area contributed by atoms with E-state index in [0.717, 1.165) is 12.8 Å². The minimum atomic E-state index is -0.787. The predicted octanol–water partition coefficient (Wildman–Crippen LogP) is 1.82. The fraction of sp³-hybridized carbons (Fsp3) is 0.538. The van der Waals surface area contributed by atoms with Gasteiger partial charge in [0.2, 0.25) is 0 Å². The Morgan fingerprint density at radius 2 is 1.83 bits per heavy atom. The second-order valence-corrected chi connectivity index (χ2v) is 4.43. The summed E-state index contributed by atoms with van der Waals surface area (Å²) in [6.45, 7) is 6.37. The maximum Gasteiger partial charge on any atom is 0.382 e. The zero-order chi connectivity index (χ0) is 13.7. The van der Waals surface area contributed by atoms with Gasteiger partial charge in [0.05, 0.1) is 6.10 Å². The zero-order valence-corrected chi connectivity index (χ0v) is 10.7. The van der Waals surface area contributed by atoms with Crippen LogP contribution in [0.3, 0.4) is 0 Å². The SMILES string of the molecule is C=C(C)C(=O)OOC(=O)/C(C)=C1/CCCCC1O. The Morgan fingerprint density at radius 1 is 1.22 bits per heavy atom. The molecule has 0 spiro atoms. The lowest BCUT2D eigenvalue weighted by atomic mass is 9.89. The largest absolute Gasteiger partial charge is 0.389 e. The third-order valence-electron chi connectivity index (χ3n) is 2.91. The maximum atomic E-state index is 11.6. The van der Waals surface area contributed by atoms with Crippen molar-refractivity contribution in [3.63, 3.8) is 0 Å². The number of hydrogen-bond acceptors (Lipinski definition) is 5. The van der Waals surface area contributed by atoms with E-state index in [9.17, 15) is 14.7 Å². The van der Waals surface area contributed by atoms with Crippen LogP contribution in [0.1, 0.15) is 39.5 Å². The Hall–Kier alpha value is -1.62. The van der Waals surface area contributed by atoms with E-state index in [0.29, 0.717) is 24.0 Å². The molecular weight excluding hydrogens is 236 g/mol. The van der Waals surface area contributed by atoms with Gasteiger partial charge in [0.15, 0.2) is 0 Å². The zero-order valence-electron chi connectivity index (χ0n) is 10.7. The molecule has 0 radical (unpaired) electrons. The smallest absolute Gasteiger partial charge is 0.382 e. The summed E-state index contributed by atoms with van der Waals surface area (Å²) < 4.78 is 0. The average molecular weight is 254 g/mol. The summed E-state index contributed by atoms with van der Waals surface area (Å²) in [5.74, 6) is -1.54. The number of carbonyl (C=O) groups is 2. The highest BCUT2D eigenvalue weighted by Crippen LogP contribution is 2.26. The molecule has 100 valence electrons. The summed E-state index contributed by atoms with van der Waals surface area (Å²) in [4.78, 5) is 31.4. The summed E-state index contributed by atoms with van der Waals surface area (Å²) in [6.07, 6.45) is 2.57. The summed E-state index contributed by atoms with van der Waals surface area (Å²) in [5, 5.41) is 9.77. The molecule has 5 nitrogen and oxygen atoms in total. The maximum absolute atomic E-state index is 11.6. The summed E-state index contributed by atoms with van der Waals surface area (Å²) in [5.41, 5.74) is 1.11. The lowest BCUT2D eigenvalue weighted by Crippen LogP contribution is -2.21. The van der Waals surface area contributed by atoms with Crippen molar-refractivity contribution in [2.75, 3.05) is 0 Å². The first-order valence-electron chi connectivity index (χ1n) is 5.90.